The number of aliphatic carboxylic acids is 1. The summed E-state index contributed by atoms with van der Waals surface area (Å²) < 4.78 is 0. The summed E-state index contributed by atoms with van der Waals surface area (Å²) in [6.45, 7) is 2.82. The molecule has 1 amide bonds. The molecule has 1 aliphatic rings. The molecule has 0 spiro atoms. The summed E-state index contributed by atoms with van der Waals surface area (Å²) in [5.74, 6) is -0.578. The summed E-state index contributed by atoms with van der Waals surface area (Å²) in [6, 6.07) is 8.34. The maximum absolute atomic E-state index is 12.2. The predicted octanol–water partition coefficient (Wildman–Crippen LogP) is 3.73. The molecule has 0 saturated carbocycles. The van der Waals surface area contributed by atoms with Gasteiger partial charge in [0.1, 0.15) is 0 Å². The molecular formula is C23H33NO4. The number of hydrogen-bond donors (Lipinski definition) is 2. The summed E-state index contributed by atoms with van der Waals surface area (Å²) in [7, 11) is 0. The molecule has 0 radical (unpaired) electrons. The Morgan fingerprint density at radius 1 is 1.25 bits per heavy atom. The largest absolute Gasteiger partial charge is 0.481 e. The summed E-state index contributed by atoms with van der Waals surface area (Å²) in [6.07, 6.45) is 9.77. The molecule has 1 heterocycles. The van der Waals surface area contributed by atoms with Crippen LogP contribution in [0, 0.1) is 0 Å². The number of unbranched alkanes of at least 4 members (excludes halogenated alkanes) is 3. The van der Waals surface area contributed by atoms with Gasteiger partial charge in [-0.1, -0.05) is 56.2 Å². The van der Waals surface area contributed by atoms with Crippen molar-refractivity contribution in [3.05, 3.63) is 47.5 Å². The van der Waals surface area contributed by atoms with Gasteiger partial charge in [-0.3, -0.25) is 9.59 Å². The second-order valence-electron chi connectivity index (χ2n) is 7.58. The Morgan fingerprint density at radius 3 is 2.75 bits per heavy atom. The molecular weight excluding hydrogens is 354 g/mol. The Balaban J connectivity index is 1.78. The fraction of sp³-hybridized carbons (Fsp3) is 0.565. The van der Waals surface area contributed by atoms with E-state index < -0.39 is 12.1 Å². The van der Waals surface area contributed by atoms with Crippen LogP contribution < -0.4 is 0 Å². The van der Waals surface area contributed by atoms with Gasteiger partial charge >= 0.3 is 5.97 Å². The fourth-order valence-corrected chi connectivity index (χ4v) is 3.70. The normalized spacial score (nSPS) is 18.1. The Hall–Kier alpha value is -2.14. The van der Waals surface area contributed by atoms with Crippen LogP contribution in [0.5, 0.6) is 0 Å². The molecule has 2 N–H and O–H groups in total. The number of aliphatic hydroxyl groups excluding tert-OH is 1. The van der Waals surface area contributed by atoms with Gasteiger partial charge in [0.05, 0.1) is 12.1 Å². The average Bonchev–Trinajstić information content (AvgIpc) is 3.02. The Bertz CT molecular complexity index is 670. The summed E-state index contributed by atoms with van der Waals surface area (Å²) in [5, 5.41) is 19.0. The first-order valence-electron chi connectivity index (χ1n) is 10.4. The zero-order valence-corrected chi connectivity index (χ0v) is 16.8. The first-order chi connectivity index (χ1) is 13.5. The van der Waals surface area contributed by atoms with Gasteiger partial charge in [-0.25, -0.2) is 0 Å². The number of benzene rings is 1. The molecule has 1 saturated heterocycles. The van der Waals surface area contributed by atoms with Gasteiger partial charge in [0, 0.05) is 25.8 Å². The van der Waals surface area contributed by atoms with Crippen LogP contribution in [0.1, 0.15) is 63.0 Å². The molecule has 1 aromatic rings. The van der Waals surface area contributed by atoms with Crippen LogP contribution in [-0.4, -0.2) is 45.7 Å². The third-order valence-corrected chi connectivity index (χ3v) is 5.31. The van der Waals surface area contributed by atoms with E-state index in [1.165, 1.54) is 5.56 Å². The van der Waals surface area contributed by atoms with Crippen LogP contribution in [0.4, 0.5) is 0 Å². The molecule has 0 aliphatic carbocycles. The smallest absolute Gasteiger partial charge is 0.303 e. The molecule has 1 fully saturated rings. The molecule has 2 rings (SSSR count). The highest BCUT2D eigenvalue weighted by Crippen LogP contribution is 2.21. The zero-order chi connectivity index (χ0) is 20.4. The number of carboxylic acid groups (broad SMARTS) is 1. The molecule has 1 aromatic carbocycles. The summed E-state index contributed by atoms with van der Waals surface area (Å²) in [5.41, 5.74) is 2.39. The van der Waals surface area contributed by atoms with Crippen molar-refractivity contribution >= 4 is 11.9 Å². The maximum Gasteiger partial charge on any atom is 0.303 e. The summed E-state index contributed by atoms with van der Waals surface area (Å²) >= 11 is 0. The Labute approximate surface area is 168 Å². The van der Waals surface area contributed by atoms with Crippen molar-refractivity contribution in [1.82, 2.24) is 4.90 Å². The van der Waals surface area contributed by atoms with E-state index in [0.717, 1.165) is 37.7 Å². The number of carbonyl (C=O) groups excluding carboxylic acids is 1. The van der Waals surface area contributed by atoms with Crippen molar-refractivity contribution in [3.8, 4) is 0 Å². The molecule has 5 nitrogen and oxygen atoms in total. The van der Waals surface area contributed by atoms with Gasteiger partial charge in [-0.15, -0.1) is 0 Å². The maximum atomic E-state index is 12.2. The van der Waals surface area contributed by atoms with Crippen LogP contribution in [0.15, 0.2) is 36.4 Å². The van der Waals surface area contributed by atoms with Crippen molar-refractivity contribution in [2.24, 2.45) is 0 Å². The van der Waals surface area contributed by atoms with Crippen molar-refractivity contribution in [1.29, 1.82) is 0 Å². The highest BCUT2D eigenvalue weighted by Gasteiger charge is 2.28. The van der Waals surface area contributed by atoms with Gasteiger partial charge in [0.15, 0.2) is 0 Å². The van der Waals surface area contributed by atoms with E-state index in [0.29, 0.717) is 25.8 Å². The second kappa shape index (κ2) is 11.6. The first kappa shape index (κ1) is 22.2. The minimum absolute atomic E-state index is 0.0585. The molecule has 0 unspecified atom stereocenters. The van der Waals surface area contributed by atoms with E-state index in [-0.39, 0.29) is 18.4 Å². The second-order valence-corrected chi connectivity index (χ2v) is 7.58. The number of carbonyl (C=O) groups is 2. The van der Waals surface area contributed by atoms with Gasteiger partial charge in [-0.05, 0) is 36.8 Å². The molecule has 0 bridgehead atoms. The standard InChI is InChI=1S/C23H33NO4/c1-2-18-8-7-9-19(16-18)17-21(25)13-11-20-12-14-22(26)24(20)15-6-4-3-5-10-23(27)28/h7-9,11,13,16,20-21,25H,2-6,10,12,14-15,17H2,1H3,(H,27,28)/b13-11+/t20-,21+/m0/s1. The molecule has 5 heteroatoms. The van der Waals surface area contributed by atoms with E-state index in [1.807, 2.05) is 29.2 Å². The lowest BCUT2D eigenvalue weighted by atomic mass is 10.0. The number of rotatable bonds is 12. The zero-order valence-electron chi connectivity index (χ0n) is 16.8. The average molecular weight is 388 g/mol. The van der Waals surface area contributed by atoms with Crippen molar-refractivity contribution in [2.45, 2.75) is 76.9 Å². The third-order valence-electron chi connectivity index (χ3n) is 5.31. The summed E-state index contributed by atoms with van der Waals surface area (Å²) in [4.78, 5) is 24.6. The van der Waals surface area contributed by atoms with Crippen molar-refractivity contribution < 1.29 is 19.8 Å². The number of nitrogens with zero attached hydrogens (tertiary/aromatic N) is 1. The van der Waals surface area contributed by atoms with Gasteiger partial charge in [-0.2, -0.15) is 0 Å². The molecule has 1 aliphatic heterocycles. The van der Waals surface area contributed by atoms with Crippen LogP contribution in [0.25, 0.3) is 0 Å². The van der Waals surface area contributed by atoms with E-state index >= 15 is 0 Å². The topological polar surface area (TPSA) is 77.8 Å². The van der Waals surface area contributed by atoms with E-state index in [4.69, 9.17) is 5.11 Å². The van der Waals surface area contributed by atoms with Crippen LogP contribution in [0.3, 0.4) is 0 Å². The number of carboxylic acids is 1. The minimum Gasteiger partial charge on any atom is -0.481 e. The Kier molecular flexibility index (Phi) is 9.21. The highest BCUT2D eigenvalue weighted by atomic mass is 16.4. The molecule has 154 valence electrons. The van der Waals surface area contributed by atoms with Gasteiger partial charge in [0.25, 0.3) is 0 Å². The lowest BCUT2D eigenvalue weighted by Gasteiger charge is -2.22. The fourth-order valence-electron chi connectivity index (χ4n) is 3.70. The molecule has 28 heavy (non-hydrogen) atoms. The highest BCUT2D eigenvalue weighted by molar-refractivity contribution is 5.79. The molecule has 2 atom stereocenters. The number of aliphatic hydroxyl groups is 1. The lowest BCUT2D eigenvalue weighted by molar-refractivity contribution is -0.137. The van der Waals surface area contributed by atoms with Crippen LogP contribution >= 0.6 is 0 Å². The molecule has 0 aromatic heterocycles. The Morgan fingerprint density at radius 2 is 2.00 bits per heavy atom. The lowest BCUT2D eigenvalue weighted by Crippen LogP contribution is -2.32. The number of aryl methyl sites for hydroxylation is 1. The monoisotopic (exact) mass is 387 g/mol. The number of hydrogen-bond acceptors (Lipinski definition) is 3. The SMILES string of the molecule is CCc1cccc(C[C@H](O)/C=C/[C@H]2CCC(=O)N2CCCCCCC(=O)O)c1. The van der Waals surface area contributed by atoms with Crippen molar-refractivity contribution in [3.63, 3.8) is 0 Å². The van der Waals surface area contributed by atoms with Crippen molar-refractivity contribution in [2.75, 3.05) is 6.54 Å². The number of likely N-dealkylation sites (tertiary alicyclic amines) is 1. The minimum atomic E-state index is -0.750. The third kappa shape index (κ3) is 7.47. The number of amides is 1. The van der Waals surface area contributed by atoms with Crippen LogP contribution in [0.2, 0.25) is 0 Å². The van der Waals surface area contributed by atoms with Crippen LogP contribution in [-0.2, 0) is 22.4 Å². The predicted molar refractivity (Wildman–Crippen MR) is 110 cm³/mol. The van der Waals surface area contributed by atoms with Gasteiger partial charge in [0.2, 0.25) is 5.91 Å². The first-order valence-corrected chi connectivity index (χ1v) is 10.4. The van der Waals surface area contributed by atoms with E-state index in [2.05, 4.69) is 19.1 Å². The quantitative estimate of drug-likeness (QED) is 0.423. The van der Waals surface area contributed by atoms with E-state index in [9.17, 15) is 14.7 Å². The van der Waals surface area contributed by atoms with Gasteiger partial charge < -0.3 is 15.1 Å². The van der Waals surface area contributed by atoms with E-state index in [1.54, 1.807) is 0 Å².